The highest BCUT2D eigenvalue weighted by atomic mass is 79.9. The maximum atomic E-state index is 11.1. The number of hydrogen-bond acceptors (Lipinski definition) is 2. The normalized spacial score (nSPS) is 9.93. The summed E-state index contributed by atoms with van der Waals surface area (Å²) < 4.78 is 0.902. The van der Waals surface area contributed by atoms with Gasteiger partial charge in [-0.2, -0.15) is 0 Å². The number of aryl methyl sites for hydroxylation is 2. The number of rotatable bonds is 2. The lowest BCUT2D eigenvalue weighted by atomic mass is 10.0. The molecule has 0 bridgehead atoms. The zero-order valence-electron chi connectivity index (χ0n) is 7.80. The highest BCUT2D eigenvalue weighted by Gasteiger charge is 2.15. The van der Waals surface area contributed by atoms with Gasteiger partial charge in [0.2, 0.25) is 0 Å². The van der Waals surface area contributed by atoms with Crippen molar-refractivity contribution < 1.29 is 14.7 Å². The summed E-state index contributed by atoms with van der Waals surface area (Å²) in [6.45, 7) is 3.63. The van der Waals surface area contributed by atoms with Gasteiger partial charge in [-0.1, -0.05) is 15.9 Å². The summed E-state index contributed by atoms with van der Waals surface area (Å²) in [6.07, 6.45) is 0. The van der Waals surface area contributed by atoms with E-state index in [0.717, 1.165) is 15.6 Å². The summed E-state index contributed by atoms with van der Waals surface area (Å²) in [5.74, 6) is -2.30. The first-order valence-electron chi connectivity index (χ1n) is 3.98. The first kappa shape index (κ1) is 10.9. The van der Waals surface area contributed by atoms with E-state index in [0.29, 0.717) is 0 Å². The van der Waals surface area contributed by atoms with Crippen LogP contribution < -0.4 is 0 Å². The van der Waals surface area contributed by atoms with Crippen LogP contribution >= 0.6 is 15.9 Å². The Balaban J connectivity index is 3.26. The van der Waals surface area contributed by atoms with Crippen molar-refractivity contribution in [2.75, 3.05) is 0 Å². The Kier molecular flexibility index (Phi) is 3.06. The number of carboxylic acid groups (broad SMARTS) is 1. The SMILES string of the molecule is Cc1cc(C(=O)C(=O)O)cc(C)c1Br. The van der Waals surface area contributed by atoms with Crippen molar-refractivity contribution in [2.45, 2.75) is 13.8 Å². The molecule has 0 amide bonds. The fraction of sp³-hybridized carbons (Fsp3) is 0.200. The van der Waals surface area contributed by atoms with Gasteiger partial charge in [0.25, 0.3) is 5.78 Å². The van der Waals surface area contributed by atoms with Crippen molar-refractivity contribution in [3.05, 3.63) is 33.3 Å². The molecule has 0 aliphatic rings. The summed E-state index contributed by atoms with van der Waals surface area (Å²) in [7, 11) is 0. The summed E-state index contributed by atoms with van der Waals surface area (Å²) in [5.41, 5.74) is 1.93. The van der Waals surface area contributed by atoms with Crippen molar-refractivity contribution in [3.8, 4) is 0 Å². The van der Waals surface area contributed by atoms with Gasteiger partial charge in [0.1, 0.15) is 0 Å². The molecular formula is C10H9BrO3. The first-order chi connectivity index (χ1) is 6.43. The van der Waals surface area contributed by atoms with Crippen LogP contribution in [0.1, 0.15) is 21.5 Å². The second-order valence-corrected chi connectivity index (χ2v) is 3.85. The molecule has 0 aliphatic carbocycles. The minimum Gasteiger partial charge on any atom is -0.475 e. The largest absolute Gasteiger partial charge is 0.475 e. The standard InChI is InChI=1S/C10H9BrO3/c1-5-3-7(9(12)10(13)14)4-6(2)8(5)11/h3-4H,1-2H3,(H,13,14). The fourth-order valence-electron chi connectivity index (χ4n) is 1.20. The monoisotopic (exact) mass is 256 g/mol. The van der Waals surface area contributed by atoms with Gasteiger partial charge in [-0.3, -0.25) is 4.79 Å². The van der Waals surface area contributed by atoms with E-state index in [4.69, 9.17) is 5.11 Å². The predicted molar refractivity (Wildman–Crippen MR) is 55.6 cm³/mol. The Labute approximate surface area is 89.9 Å². The molecule has 1 aromatic carbocycles. The molecule has 3 nitrogen and oxygen atoms in total. The van der Waals surface area contributed by atoms with E-state index >= 15 is 0 Å². The Morgan fingerprint density at radius 3 is 2.00 bits per heavy atom. The van der Waals surface area contributed by atoms with Crippen LogP contribution in [0.15, 0.2) is 16.6 Å². The van der Waals surface area contributed by atoms with Gasteiger partial charge < -0.3 is 5.11 Å². The van der Waals surface area contributed by atoms with E-state index in [1.54, 1.807) is 12.1 Å². The Hall–Kier alpha value is -1.16. The zero-order valence-corrected chi connectivity index (χ0v) is 9.38. The second-order valence-electron chi connectivity index (χ2n) is 3.06. The van der Waals surface area contributed by atoms with Crippen LogP contribution in [0.3, 0.4) is 0 Å². The molecule has 0 atom stereocenters. The van der Waals surface area contributed by atoms with Crippen LogP contribution in [-0.4, -0.2) is 16.9 Å². The number of Topliss-reactive ketones (excluding diaryl/α,β-unsaturated/α-hetero) is 1. The van der Waals surface area contributed by atoms with Crippen molar-refractivity contribution in [1.82, 2.24) is 0 Å². The first-order valence-corrected chi connectivity index (χ1v) is 4.77. The molecule has 0 radical (unpaired) electrons. The van der Waals surface area contributed by atoms with Gasteiger partial charge in [-0.05, 0) is 37.1 Å². The van der Waals surface area contributed by atoms with Crippen molar-refractivity contribution >= 4 is 27.7 Å². The number of carbonyl (C=O) groups excluding carboxylic acids is 1. The number of carboxylic acids is 1. The third-order valence-corrected chi connectivity index (χ3v) is 3.14. The molecule has 74 valence electrons. The topological polar surface area (TPSA) is 54.4 Å². The van der Waals surface area contributed by atoms with Crippen molar-refractivity contribution in [2.24, 2.45) is 0 Å². The van der Waals surface area contributed by atoms with Gasteiger partial charge in [0, 0.05) is 10.0 Å². The number of halogens is 1. The van der Waals surface area contributed by atoms with Gasteiger partial charge in [-0.25, -0.2) is 4.79 Å². The lowest BCUT2D eigenvalue weighted by molar-refractivity contribution is -0.131. The highest BCUT2D eigenvalue weighted by molar-refractivity contribution is 9.10. The summed E-state index contributed by atoms with van der Waals surface area (Å²) in [5, 5.41) is 8.53. The van der Waals surface area contributed by atoms with Crippen LogP contribution in [0, 0.1) is 13.8 Å². The minimum atomic E-state index is -1.42. The maximum Gasteiger partial charge on any atom is 0.377 e. The van der Waals surface area contributed by atoms with E-state index in [2.05, 4.69) is 15.9 Å². The lowest BCUT2D eigenvalue weighted by Gasteiger charge is -2.04. The van der Waals surface area contributed by atoms with Gasteiger partial charge in [0.05, 0.1) is 0 Å². The Bertz CT molecular complexity index is 387. The van der Waals surface area contributed by atoms with E-state index in [1.807, 2.05) is 13.8 Å². The molecule has 0 aliphatic heterocycles. The van der Waals surface area contributed by atoms with Gasteiger partial charge in [0.15, 0.2) is 0 Å². The molecule has 4 heteroatoms. The molecular weight excluding hydrogens is 248 g/mol. The third-order valence-electron chi connectivity index (χ3n) is 1.89. The molecule has 0 spiro atoms. The average molecular weight is 257 g/mol. The fourth-order valence-corrected chi connectivity index (χ4v) is 1.43. The van der Waals surface area contributed by atoms with Gasteiger partial charge in [-0.15, -0.1) is 0 Å². The molecule has 1 aromatic rings. The average Bonchev–Trinajstić information content (AvgIpc) is 2.12. The molecule has 14 heavy (non-hydrogen) atoms. The van der Waals surface area contributed by atoms with E-state index in [9.17, 15) is 9.59 Å². The molecule has 1 N–H and O–H groups in total. The van der Waals surface area contributed by atoms with Crippen LogP contribution in [0.2, 0.25) is 0 Å². The summed E-state index contributed by atoms with van der Waals surface area (Å²) in [4.78, 5) is 21.6. The predicted octanol–water partition coefficient (Wildman–Crippen LogP) is 2.33. The number of hydrogen-bond donors (Lipinski definition) is 1. The van der Waals surface area contributed by atoms with E-state index < -0.39 is 11.8 Å². The molecule has 0 fully saturated rings. The molecule has 0 unspecified atom stereocenters. The van der Waals surface area contributed by atoms with Crippen LogP contribution in [0.5, 0.6) is 0 Å². The third kappa shape index (κ3) is 2.01. The summed E-state index contributed by atoms with van der Waals surface area (Å²) in [6, 6.07) is 3.13. The molecule has 0 saturated carbocycles. The van der Waals surface area contributed by atoms with Crippen LogP contribution in [0.25, 0.3) is 0 Å². The lowest BCUT2D eigenvalue weighted by Crippen LogP contribution is -2.13. The molecule has 1 rings (SSSR count). The number of benzene rings is 1. The maximum absolute atomic E-state index is 11.1. The van der Waals surface area contributed by atoms with Crippen LogP contribution in [-0.2, 0) is 4.79 Å². The van der Waals surface area contributed by atoms with Crippen LogP contribution in [0.4, 0.5) is 0 Å². The smallest absolute Gasteiger partial charge is 0.377 e. The van der Waals surface area contributed by atoms with E-state index in [1.165, 1.54) is 0 Å². The van der Waals surface area contributed by atoms with Gasteiger partial charge >= 0.3 is 5.97 Å². The number of ketones is 1. The van der Waals surface area contributed by atoms with Crippen molar-refractivity contribution in [3.63, 3.8) is 0 Å². The Morgan fingerprint density at radius 1 is 1.21 bits per heavy atom. The number of carbonyl (C=O) groups is 2. The second kappa shape index (κ2) is 3.92. The quantitative estimate of drug-likeness (QED) is 0.653. The van der Waals surface area contributed by atoms with Crippen molar-refractivity contribution in [1.29, 1.82) is 0 Å². The molecule has 0 saturated heterocycles. The minimum absolute atomic E-state index is 0.218. The zero-order chi connectivity index (χ0) is 10.9. The highest BCUT2D eigenvalue weighted by Crippen LogP contribution is 2.22. The number of aliphatic carboxylic acids is 1. The summed E-state index contributed by atoms with van der Waals surface area (Å²) >= 11 is 3.34. The molecule has 0 aromatic heterocycles. The molecule has 0 heterocycles. The Morgan fingerprint density at radius 2 is 1.64 bits per heavy atom. The van der Waals surface area contributed by atoms with E-state index in [-0.39, 0.29) is 5.56 Å².